The lowest BCUT2D eigenvalue weighted by Crippen LogP contribution is -2.43. The monoisotopic (exact) mass is 471 g/mol. The number of pyridine rings is 1. The molecule has 3 aliphatic rings. The van der Waals surface area contributed by atoms with Crippen molar-refractivity contribution in [1.82, 2.24) is 35.0 Å². The van der Waals surface area contributed by atoms with Gasteiger partial charge < -0.3 is 14.9 Å². The number of amides is 1. The molecule has 2 aromatic rings. The summed E-state index contributed by atoms with van der Waals surface area (Å²) in [7, 11) is -2.17. The van der Waals surface area contributed by atoms with E-state index in [4.69, 9.17) is 0 Å². The fourth-order valence-corrected chi connectivity index (χ4v) is 6.60. The Labute approximate surface area is 193 Å². The average molecular weight is 472 g/mol. The summed E-state index contributed by atoms with van der Waals surface area (Å²) in [6.45, 7) is 4.76. The first-order valence-corrected chi connectivity index (χ1v) is 13.2. The van der Waals surface area contributed by atoms with E-state index in [1.807, 2.05) is 17.9 Å². The maximum atomic E-state index is 12.7. The lowest BCUT2D eigenvalue weighted by molar-refractivity contribution is -0.126. The summed E-state index contributed by atoms with van der Waals surface area (Å²) < 4.78 is 13.7. The van der Waals surface area contributed by atoms with Gasteiger partial charge in [-0.25, -0.2) is 4.98 Å². The summed E-state index contributed by atoms with van der Waals surface area (Å²) in [6.07, 6.45) is 3.86. The minimum atomic E-state index is -2.17. The number of aliphatic hydroxyl groups is 1. The molecule has 1 N–H and O–H groups in total. The number of carbonyl (C=O) groups excluding carboxylic acids is 1. The van der Waals surface area contributed by atoms with Gasteiger partial charge in [-0.2, -0.15) is 4.68 Å². The number of nitrogens with zero attached hydrogens (tertiary/aromatic N) is 7. The Morgan fingerprint density at radius 2 is 2.09 bits per heavy atom. The molecule has 176 valence electrons. The molecule has 0 aromatic carbocycles. The van der Waals surface area contributed by atoms with Gasteiger partial charge in [0, 0.05) is 47.6 Å². The molecule has 5 rings (SSSR count). The van der Waals surface area contributed by atoms with Crippen molar-refractivity contribution in [3.63, 3.8) is 0 Å². The van der Waals surface area contributed by atoms with Gasteiger partial charge in [0.25, 0.3) is 0 Å². The van der Waals surface area contributed by atoms with Crippen LogP contribution in [-0.4, -0.2) is 88.0 Å². The summed E-state index contributed by atoms with van der Waals surface area (Å²) in [6, 6.07) is 3.67. The van der Waals surface area contributed by atoms with E-state index in [1.54, 1.807) is 11.5 Å². The van der Waals surface area contributed by atoms with Crippen molar-refractivity contribution in [3.8, 4) is 5.82 Å². The first-order chi connectivity index (χ1) is 15.7. The number of piperidine rings is 1. The topological polar surface area (TPSA) is 117 Å². The van der Waals surface area contributed by atoms with Crippen LogP contribution in [0.4, 0.5) is 0 Å². The van der Waals surface area contributed by atoms with E-state index < -0.39 is 15.6 Å². The molecule has 1 amide bonds. The zero-order valence-electron chi connectivity index (χ0n) is 18.8. The molecule has 2 unspecified atom stereocenters. The van der Waals surface area contributed by atoms with Gasteiger partial charge in [-0.1, -0.05) is 6.07 Å². The normalized spacial score (nSPS) is 26.2. The second-order valence-corrected chi connectivity index (χ2v) is 11.9. The van der Waals surface area contributed by atoms with Gasteiger partial charge in [0.1, 0.15) is 6.33 Å². The van der Waals surface area contributed by atoms with Crippen molar-refractivity contribution >= 4 is 21.3 Å². The van der Waals surface area contributed by atoms with E-state index in [1.165, 1.54) is 11.0 Å². The number of aryl methyl sites for hydroxylation is 1. The second kappa shape index (κ2) is 8.30. The number of aromatic nitrogens is 5. The maximum absolute atomic E-state index is 12.7. The first-order valence-electron chi connectivity index (χ1n) is 11.2. The molecule has 0 saturated carbocycles. The van der Waals surface area contributed by atoms with E-state index in [9.17, 15) is 14.1 Å². The highest BCUT2D eigenvalue weighted by atomic mass is 32.2. The Balaban J connectivity index is 1.19. The Morgan fingerprint density at radius 3 is 2.73 bits per heavy atom. The number of likely N-dealkylation sites (tertiary alicyclic amines) is 2. The SMILES string of the molecule is C=S1(=O)C=C(N2CC3(CCN(CC(O)c4ccc(-n5cnnn5)nc4C)CC3)CC2=O)CC1. The van der Waals surface area contributed by atoms with Crippen LogP contribution in [0.1, 0.15) is 43.0 Å². The van der Waals surface area contributed by atoms with Crippen LogP contribution in [0.25, 0.3) is 5.82 Å². The van der Waals surface area contributed by atoms with Crippen molar-refractivity contribution in [2.75, 3.05) is 31.9 Å². The van der Waals surface area contributed by atoms with Crippen LogP contribution in [0.5, 0.6) is 0 Å². The average Bonchev–Trinajstić information content (AvgIpc) is 3.49. The number of rotatable bonds is 5. The minimum Gasteiger partial charge on any atom is -0.387 e. The predicted octanol–water partition coefficient (Wildman–Crippen LogP) is 0.675. The van der Waals surface area contributed by atoms with Crippen molar-refractivity contribution in [3.05, 3.63) is 40.8 Å². The van der Waals surface area contributed by atoms with Gasteiger partial charge in [0.2, 0.25) is 5.91 Å². The molecule has 2 fully saturated rings. The van der Waals surface area contributed by atoms with Crippen molar-refractivity contribution in [1.29, 1.82) is 0 Å². The van der Waals surface area contributed by atoms with E-state index in [-0.39, 0.29) is 11.3 Å². The number of tetrazole rings is 1. The highest BCUT2D eigenvalue weighted by molar-refractivity contribution is 8.03. The number of hydrogen-bond donors (Lipinski definition) is 1. The molecule has 2 aromatic heterocycles. The molecule has 5 heterocycles. The lowest BCUT2D eigenvalue weighted by atomic mass is 9.77. The number of hydrogen-bond acceptors (Lipinski definition) is 8. The second-order valence-electron chi connectivity index (χ2n) is 9.50. The van der Waals surface area contributed by atoms with Gasteiger partial charge in [0.15, 0.2) is 5.82 Å². The number of allylic oxidation sites excluding steroid dienone is 1. The highest BCUT2D eigenvalue weighted by Crippen LogP contribution is 2.43. The Bertz CT molecular complexity index is 1180. The van der Waals surface area contributed by atoms with Gasteiger partial charge in [-0.3, -0.25) is 9.00 Å². The van der Waals surface area contributed by atoms with Crippen LogP contribution in [0, 0.1) is 12.3 Å². The predicted molar refractivity (Wildman–Crippen MR) is 124 cm³/mol. The third-order valence-corrected chi connectivity index (χ3v) is 8.72. The first kappa shape index (κ1) is 22.2. The zero-order chi connectivity index (χ0) is 23.2. The molecular formula is C22H29N7O3S. The van der Waals surface area contributed by atoms with Crippen LogP contribution >= 0.6 is 0 Å². The summed E-state index contributed by atoms with van der Waals surface area (Å²) in [5, 5.41) is 23.7. The smallest absolute Gasteiger partial charge is 0.227 e. The largest absolute Gasteiger partial charge is 0.387 e. The Kier molecular flexibility index (Phi) is 5.58. The fraction of sp³-hybridized carbons (Fsp3) is 0.545. The van der Waals surface area contributed by atoms with Gasteiger partial charge in [0.05, 0.1) is 6.10 Å². The van der Waals surface area contributed by atoms with Crippen LogP contribution in [0.2, 0.25) is 0 Å². The highest BCUT2D eigenvalue weighted by Gasteiger charge is 2.46. The number of β-amino-alcohol motifs (C(OH)–C–C–N with tert-alkyl or cyclic N) is 1. The molecular weight excluding hydrogens is 442 g/mol. The van der Waals surface area contributed by atoms with Crippen LogP contribution in [-0.2, 0) is 14.3 Å². The molecule has 1 spiro atoms. The third kappa shape index (κ3) is 4.44. The fourth-order valence-electron chi connectivity index (χ4n) is 5.19. The van der Waals surface area contributed by atoms with Crippen molar-refractivity contribution in [2.45, 2.75) is 38.7 Å². The van der Waals surface area contributed by atoms with Gasteiger partial charge in [-0.15, -0.1) is 5.10 Å². The van der Waals surface area contributed by atoms with E-state index >= 15 is 0 Å². The lowest BCUT2D eigenvalue weighted by Gasteiger charge is -2.39. The molecule has 10 nitrogen and oxygen atoms in total. The number of carbonyl (C=O) groups is 1. The van der Waals surface area contributed by atoms with Crippen LogP contribution < -0.4 is 0 Å². The minimum absolute atomic E-state index is 0.0328. The molecule has 0 bridgehead atoms. The van der Waals surface area contributed by atoms with Crippen LogP contribution in [0.3, 0.4) is 0 Å². The molecule has 2 saturated heterocycles. The third-order valence-electron chi connectivity index (χ3n) is 7.12. The molecule has 0 aliphatic carbocycles. The Hall–Kier alpha value is -2.63. The maximum Gasteiger partial charge on any atom is 0.227 e. The van der Waals surface area contributed by atoms with Crippen LogP contribution in [0.15, 0.2) is 29.6 Å². The molecule has 33 heavy (non-hydrogen) atoms. The van der Waals surface area contributed by atoms with Crippen molar-refractivity contribution < 1.29 is 14.1 Å². The number of aliphatic hydroxyl groups excluding tert-OH is 1. The van der Waals surface area contributed by atoms with Crippen molar-refractivity contribution in [2.24, 2.45) is 5.41 Å². The van der Waals surface area contributed by atoms with E-state index in [0.717, 1.165) is 42.9 Å². The van der Waals surface area contributed by atoms with E-state index in [0.29, 0.717) is 37.5 Å². The molecule has 11 heteroatoms. The van der Waals surface area contributed by atoms with Gasteiger partial charge >= 0.3 is 0 Å². The summed E-state index contributed by atoms with van der Waals surface area (Å²) in [5.41, 5.74) is 2.39. The summed E-state index contributed by atoms with van der Waals surface area (Å²) in [5.74, 6) is 5.06. The standard InChI is InChI=1S/C22H29N7O3S/c1-16-18(3-4-20(24-16)29-15-23-25-26-29)19(30)12-27-8-6-22(7-9-27)11-21(31)28(14-22)17-5-10-33(2,32)13-17/h3-4,13,15,19,30H,2,5-12,14H2,1H3. The molecule has 2 atom stereocenters. The molecule has 0 radical (unpaired) electrons. The van der Waals surface area contributed by atoms with E-state index in [2.05, 4.69) is 31.3 Å². The summed E-state index contributed by atoms with van der Waals surface area (Å²) >= 11 is 0. The van der Waals surface area contributed by atoms with Gasteiger partial charge in [-0.05, 0) is 76.6 Å². The Morgan fingerprint density at radius 1 is 1.30 bits per heavy atom. The molecule has 3 aliphatic heterocycles. The quantitative estimate of drug-likeness (QED) is 0.633. The summed E-state index contributed by atoms with van der Waals surface area (Å²) in [4.78, 5) is 21.4. The zero-order valence-corrected chi connectivity index (χ0v) is 19.6.